The second-order valence-electron chi connectivity index (χ2n) is 7.30. The number of amides is 1. The summed E-state index contributed by atoms with van der Waals surface area (Å²) in [5.74, 6) is 0.268. The predicted molar refractivity (Wildman–Crippen MR) is 111 cm³/mol. The first-order valence-corrected chi connectivity index (χ1v) is 10.8. The molecule has 6 heteroatoms. The number of sulfonamides is 1. The Morgan fingerprint density at radius 2 is 1.74 bits per heavy atom. The van der Waals surface area contributed by atoms with Gasteiger partial charge < -0.3 is 5.32 Å². The maximum absolute atomic E-state index is 12.8. The third-order valence-corrected chi connectivity index (χ3v) is 5.70. The Kier molecular flexibility index (Phi) is 6.65. The first kappa shape index (κ1) is 21.0. The molecule has 0 fully saturated rings. The van der Waals surface area contributed by atoms with Crippen molar-refractivity contribution in [1.82, 2.24) is 5.32 Å². The number of hydrogen-bond acceptors (Lipinski definition) is 3. The molecule has 0 heterocycles. The molecule has 1 amide bonds. The van der Waals surface area contributed by atoms with E-state index in [-0.39, 0.29) is 11.9 Å². The van der Waals surface area contributed by atoms with Crippen molar-refractivity contribution in [2.45, 2.75) is 33.2 Å². The minimum atomic E-state index is -3.35. The van der Waals surface area contributed by atoms with Crippen molar-refractivity contribution in [3.05, 3.63) is 65.2 Å². The first-order valence-electron chi connectivity index (χ1n) is 9.00. The highest BCUT2D eigenvalue weighted by Gasteiger charge is 2.19. The summed E-state index contributed by atoms with van der Waals surface area (Å²) < 4.78 is 24.7. The number of nitrogens with zero attached hydrogens (tertiary/aromatic N) is 1. The predicted octanol–water partition coefficient (Wildman–Crippen LogP) is 3.91. The number of anilines is 1. The third-order valence-electron chi connectivity index (χ3n) is 4.51. The normalized spacial score (nSPS) is 12.7. The monoisotopic (exact) mass is 388 g/mol. The molecule has 1 atom stereocenters. The summed E-state index contributed by atoms with van der Waals surface area (Å²) >= 11 is 0. The van der Waals surface area contributed by atoms with Gasteiger partial charge in [-0.3, -0.25) is 9.10 Å². The fourth-order valence-corrected chi connectivity index (χ4v) is 3.57. The third kappa shape index (κ3) is 5.57. The van der Waals surface area contributed by atoms with Crippen LogP contribution in [-0.2, 0) is 10.0 Å². The lowest BCUT2D eigenvalue weighted by atomic mass is 9.96. The van der Waals surface area contributed by atoms with Gasteiger partial charge in [-0.2, -0.15) is 0 Å². The highest BCUT2D eigenvalue weighted by Crippen LogP contribution is 2.24. The van der Waals surface area contributed by atoms with E-state index in [1.54, 1.807) is 25.1 Å². The van der Waals surface area contributed by atoms with Crippen LogP contribution in [0.3, 0.4) is 0 Å². The lowest BCUT2D eigenvalue weighted by Crippen LogP contribution is -2.30. The van der Waals surface area contributed by atoms with Gasteiger partial charge in [-0.15, -0.1) is 0 Å². The number of rotatable bonds is 7. The van der Waals surface area contributed by atoms with Crippen LogP contribution in [0, 0.1) is 12.8 Å². The summed E-state index contributed by atoms with van der Waals surface area (Å²) in [6, 6.07) is 14.9. The average Bonchev–Trinajstić information content (AvgIpc) is 2.60. The van der Waals surface area contributed by atoms with Crippen molar-refractivity contribution in [2.75, 3.05) is 17.6 Å². The summed E-state index contributed by atoms with van der Waals surface area (Å²) in [5.41, 5.74) is 2.89. The fraction of sp³-hybridized carbons (Fsp3) is 0.381. The van der Waals surface area contributed by atoms with Gasteiger partial charge in [0.15, 0.2) is 0 Å². The number of nitrogens with one attached hydrogen (secondary N) is 1. The maximum Gasteiger partial charge on any atom is 0.251 e. The lowest BCUT2D eigenvalue weighted by Gasteiger charge is -2.22. The molecule has 0 radical (unpaired) electrons. The molecule has 0 bridgehead atoms. The molecular formula is C21H28N2O3S. The molecule has 0 aromatic heterocycles. The SMILES string of the molecule is Cc1cc(C(=O)N[C@H](CC(C)C)c2ccccc2)ccc1N(C)S(C)(=O)=O. The molecule has 2 rings (SSSR count). The number of carbonyl (C=O) groups excluding carboxylic acids is 1. The standard InChI is InChI=1S/C21H28N2O3S/c1-15(2)13-19(17-9-7-6-8-10-17)22-21(24)18-11-12-20(16(3)14-18)23(4)27(5,25)26/h6-12,14-15,19H,13H2,1-5H3,(H,22,24)/t19-/m1/s1. The van der Waals surface area contributed by atoms with E-state index in [9.17, 15) is 13.2 Å². The Balaban J connectivity index is 2.24. The molecule has 5 nitrogen and oxygen atoms in total. The molecule has 0 saturated carbocycles. The molecule has 0 saturated heterocycles. The van der Waals surface area contributed by atoms with Crippen molar-refractivity contribution in [1.29, 1.82) is 0 Å². The number of hydrogen-bond donors (Lipinski definition) is 1. The molecule has 0 aliphatic rings. The van der Waals surface area contributed by atoms with Crippen LogP contribution < -0.4 is 9.62 Å². The van der Waals surface area contributed by atoms with E-state index in [2.05, 4.69) is 19.2 Å². The molecule has 2 aromatic rings. The molecular weight excluding hydrogens is 360 g/mol. The Bertz CT molecular complexity index is 893. The Labute approximate surface area is 162 Å². The molecule has 1 N–H and O–H groups in total. The first-order chi connectivity index (χ1) is 12.6. The number of aryl methyl sites for hydroxylation is 1. The van der Waals surface area contributed by atoms with E-state index in [1.165, 1.54) is 11.4 Å². The molecule has 0 aliphatic carbocycles. The summed E-state index contributed by atoms with van der Waals surface area (Å²) in [6.07, 6.45) is 1.99. The van der Waals surface area contributed by atoms with Crippen molar-refractivity contribution in [2.24, 2.45) is 5.92 Å². The fourth-order valence-electron chi connectivity index (χ4n) is 3.01. The zero-order valence-electron chi connectivity index (χ0n) is 16.6. The van der Waals surface area contributed by atoms with E-state index in [1.807, 2.05) is 30.3 Å². The van der Waals surface area contributed by atoms with Gasteiger partial charge in [0.25, 0.3) is 5.91 Å². The quantitative estimate of drug-likeness (QED) is 0.782. The van der Waals surface area contributed by atoms with Crippen molar-refractivity contribution in [3.63, 3.8) is 0 Å². The highest BCUT2D eigenvalue weighted by atomic mass is 32.2. The Morgan fingerprint density at radius 3 is 2.26 bits per heavy atom. The average molecular weight is 389 g/mol. The van der Waals surface area contributed by atoms with E-state index in [0.29, 0.717) is 17.2 Å². The van der Waals surface area contributed by atoms with Gasteiger partial charge in [0, 0.05) is 12.6 Å². The highest BCUT2D eigenvalue weighted by molar-refractivity contribution is 7.92. The molecule has 2 aromatic carbocycles. The summed E-state index contributed by atoms with van der Waals surface area (Å²) in [7, 11) is -1.84. The molecule has 146 valence electrons. The van der Waals surface area contributed by atoms with Crippen LogP contribution in [0.25, 0.3) is 0 Å². The van der Waals surface area contributed by atoms with Gasteiger partial charge in [-0.05, 0) is 48.6 Å². The zero-order valence-corrected chi connectivity index (χ0v) is 17.4. The van der Waals surface area contributed by atoms with Crippen LogP contribution in [0.15, 0.2) is 48.5 Å². The molecule has 0 unspecified atom stereocenters. The molecule has 0 spiro atoms. The number of benzene rings is 2. The second-order valence-corrected chi connectivity index (χ2v) is 9.31. The second kappa shape index (κ2) is 8.57. The maximum atomic E-state index is 12.8. The van der Waals surface area contributed by atoms with Gasteiger partial charge in [0.2, 0.25) is 10.0 Å². The van der Waals surface area contributed by atoms with Crippen molar-refractivity contribution >= 4 is 21.6 Å². The van der Waals surface area contributed by atoms with E-state index < -0.39 is 10.0 Å². The minimum absolute atomic E-state index is 0.0719. The van der Waals surface area contributed by atoms with E-state index in [0.717, 1.165) is 23.8 Å². The van der Waals surface area contributed by atoms with Gasteiger partial charge in [0.05, 0.1) is 18.0 Å². The molecule has 0 aliphatic heterocycles. The topological polar surface area (TPSA) is 66.5 Å². The minimum Gasteiger partial charge on any atom is -0.345 e. The van der Waals surface area contributed by atoms with Gasteiger partial charge in [0.1, 0.15) is 0 Å². The van der Waals surface area contributed by atoms with Crippen LogP contribution in [0.1, 0.15) is 47.8 Å². The van der Waals surface area contributed by atoms with Crippen LogP contribution in [0.5, 0.6) is 0 Å². The van der Waals surface area contributed by atoms with Crippen LogP contribution >= 0.6 is 0 Å². The van der Waals surface area contributed by atoms with Gasteiger partial charge >= 0.3 is 0 Å². The van der Waals surface area contributed by atoms with Gasteiger partial charge in [-0.25, -0.2) is 8.42 Å². The Morgan fingerprint density at radius 1 is 1.11 bits per heavy atom. The largest absolute Gasteiger partial charge is 0.345 e. The Hall–Kier alpha value is -2.34. The number of carbonyl (C=O) groups is 1. The van der Waals surface area contributed by atoms with Gasteiger partial charge in [-0.1, -0.05) is 44.2 Å². The van der Waals surface area contributed by atoms with Crippen LogP contribution in [-0.4, -0.2) is 27.6 Å². The van der Waals surface area contributed by atoms with Crippen LogP contribution in [0.4, 0.5) is 5.69 Å². The zero-order chi connectivity index (χ0) is 20.2. The molecule has 27 heavy (non-hydrogen) atoms. The smallest absolute Gasteiger partial charge is 0.251 e. The van der Waals surface area contributed by atoms with Crippen molar-refractivity contribution in [3.8, 4) is 0 Å². The van der Waals surface area contributed by atoms with Crippen LogP contribution in [0.2, 0.25) is 0 Å². The lowest BCUT2D eigenvalue weighted by molar-refractivity contribution is 0.0932. The summed E-state index contributed by atoms with van der Waals surface area (Å²) in [6.45, 7) is 6.06. The van der Waals surface area contributed by atoms with E-state index in [4.69, 9.17) is 0 Å². The van der Waals surface area contributed by atoms with E-state index >= 15 is 0 Å². The summed E-state index contributed by atoms with van der Waals surface area (Å²) in [4.78, 5) is 12.8. The summed E-state index contributed by atoms with van der Waals surface area (Å²) in [5, 5.41) is 3.12. The van der Waals surface area contributed by atoms with Crippen molar-refractivity contribution < 1.29 is 13.2 Å².